The van der Waals surface area contributed by atoms with Gasteiger partial charge >= 0.3 is 0 Å². The van der Waals surface area contributed by atoms with Crippen molar-refractivity contribution in [1.29, 1.82) is 0 Å². The summed E-state index contributed by atoms with van der Waals surface area (Å²) in [5, 5.41) is 12.9. The molecule has 2 saturated heterocycles. The van der Waals surface area contributed by atoms with Gasteiger partial charge in [0.2, 0.25) is 5.91 Å². The standard InChI is InChI=1S/C15H18N2O4/c1-21-12-6-2-4-10(13(12)18)15(20)17-7-3-5-9-11(17)8-16-14(9)19/h2,4,6,9,11,18H,3,5,7-8H2,1H3,(H,16,19). The first-order valence-corrected chi connectivity index (χ1v) is 7.08. The van der Waals surface area contributed by atoms with Gasteiger partial charge in [0, 0.05) is 13.1 Å². The van der Waals surface area contributed by atoms with E-state index in [1.807, 2.05) is 0 Å². The van der Waals surface area contributed by atoms with Crippen LogP contribution in [-0.4, -0.2) is 48.1 Å². The fraction of sp³-hybridized carbons (Fsp3) is 0.467. The number of nitrogens with zero attached hydrogens (tertiary/aromatic N) is 1. The lowest BCUT2D eigenvalue weighted by Crippen LogP contribution is -2.48. The minimum atomic E-state index is -0.252. The number of phenols is 1. The number of nitrogens with one attached hydrogen (secondary N) is 1. The Hall–Kier alpha value is -2.24. The maximum Gasteiger partial charge on any atom is 0.258 e. The average molecular weight is 290 g/mol. The number of rotatable bonds is 2. The summed E-state index contributed by atoms with van der Waals surface area (Å²) in [6.07, 6.45) is 1.61. The largest absolute Gasteiger partial charge is 0.504 e. The molecule has 2 amide bonds. The first-order valence-electron chi connectivity index (χ1n) is 7.08. The molecule has 112 valence electrons. The Morgan fingerprint density at radius 3 is 3.05 bits per heavy atom. The van der Waals surface area contributed by atoms with Crippen LogP contribution in [0.25, 0.3) is 0 Å². The van der Waals surface area contributed by atoms with Crippen LogP contribution in [0, 0.1) is 5.92 Å². The van der Waals surface area contributed by atoms with Gasteiger partial charge < -0.3 is 20.1 Å². The smallest absolute Gasteiger partial charge is 0.258 e. The Labute approximate surface area is 122 Å². The number of methoxy groups -OCH3 is 1. The number of amides is 2. The summed E-state index contributed by atoms with van der Waals surface area (Å²) in [5.74, 6) is -0.236. The molecule has 2 N–H and O–H groups in total. The molecule has 6 nitrogen and oxygen atoms in total. The summed E-state index contributed by atoms with van der Waals surface area (Å²) < 4.78 is 5.04. The van der Waals surface area contributed by atoms with E-state index in [4.69, 9.17) is 4.74 Å². The zero-order chi connectivity index (χ0) is 15.0. The predicted octanol–water partition coefficient (Wildman–Crippen LogP) is 0.751. The lowest BCUT2D eigenvalue weighted by atomic mass is 9.91. The zero-order valence-electron chi connectivity index (χ0n) is 11.8. The number of para-hydroxylation sites is 1. The van der Waals surface area contributed by atoms with Crippen molar-refractivity contribution in [2.24, 2.45) is 5.92 Å². The van der Waals surface area contributed by atoms with Crippen LogP contribution in [0.3, 0.4) is 0 Å². The van der Waals surface area contributed by atoms with Gasteiger partial charge in [-0.25, -0.2) is 0 Å². The van der Waals surface area contributed by atoms with E-state index in [9.17, 15) is 14.7 Å². The van der Waals surface area contributed by atoms with E-state index >= 15 is 0 Å². The number of carbonyl (C=O) groups is 2. The maximum atomic E-state index is 12.7. The van der Waals surface area contributed by atoms with E-state index in [0.29, 0.717) is 13.1 Å². The van der Waals surface area contributed by atoms with Gasteiger partial charge in [0.1, 0.15) is 0 Å². The Balaban J connectivity index is 1.90. The molecule has 3 rings (SSSR count). The second kappa shape index (κ2) is 5.27. The van der Waals surface area contributed by atoms with Crippen molar-refractivity contribution in [3.05, 3.63) is 23.8 Å². The van der Waals surface area contributed by atoms with Crippen molar-refractivity contribution in [2.75, 3.05) is 20.2 Å². The highest BCUT2D eigenvalue weighted by Crippen LogP contribution is 2.33. The number of aromatic hydroxyl groups is 1. The molecule has 2 aliphatic heterocycles. The number of piperidine rings is 1. The minimum absolute atomic E-state index is 0.0207. The number of fused-ring (bicyclic) bond motifs is 1. The van der Waals surface area contributed by atoms with Crippen molar-refractivity contribution >= 4 is 11.8 Å². The van der Waals surface area contributed by atoms with Gasteiger partial charge in [0.15, 0.2) is 11.5 Å². The van der Waals surface area contributed by atoms with Crippen LogP contribution in [-0.2, 0) is 4.79 Å². The molecule has 2 unspecified atom stereocenters. The molecule has 1 aromatic carbocycles. The Morgan fingerprint density at radius 1 is 1.48 bits per heavy atom. The van der Waals surface area contributed by atoms with Gasteiger partial charge in [0.05, 0.1) is 24.6 Å². The normalized spacial score (nSPS) is 24.4. The minimum Gasteiger partial charge on any atom is -0.504 e. The Morgan fingerprint density at radius 2 is 2.29 bits per heavy atom. The van der Waals surface area contributed by atoms with Crippen molar-refractivity contribution in [1.82, 2.24) is 10.2 Å². The van der Waals surface area contributed by atoms with Crippen LogP contribution >= 0.6 is 0 Å². The maximum absolute atomic E-state index is 12.7. The van der Waals surface area contributed by atoms with Gasteiger partial charge in [-0.05, 0) is 25.0 Å². The van der Waals surface area contributed by atoms with Gasteiger partial charge in [-0.15, -0.1) is 0 Å². The van der Waals surface area contributed by atoms with E-state index in [1.165, 1.54) is 7.11 Å². The molecule has 0 saturated carbocycles. The molecule has 2 heterocycles. The summed E-state index contributed by atoms with van der Waals surface area (Å²) in [6.45, 7) is 1.09. The topological polar surface area (TPSA) is 78.9 Å². The fourth-order valence-corrected chi connectivity index (χ4v) is 3.22. The number of phenolic OH excluding ortho intramolecular Hbond substituents is 1. The number of ether oxygens (including phenoxy) is 1. The van der Waals surface area contributed by atoms with Gasteiger partial charge in [0.25, 0.3) is 5.91 Å². The molecule has 2 aliphatic rings. The van der Waals surface area contributed by atoms with Crippen molar-refractivity contribution in [2.45, 2.75) is 18.9 Å². The van der Waals surface area contributed by atoms with Crippen LogP contribution < -0.4 is 10.1 Å². The highest BCUT2D eigenvalue weighted by molar-refractivity contribution is 5.98. The summed E-state index contributed by atoms with van der Waals surface area (Å²) in [6, 6.07) is 4.73. The highest BCUT2D eigenvalue weighted by Gasteiger charge is 2.43. The van der Waals surface area contributed by atoms with Gasteiger partial charge in [-0.2, -0.15) is 0 Å². The van der Waals surface area contributed by atoms with E-state index in [-0.39, 0.29) is 40.8 Å². The first kappa shape index (κ1) is 13.7. The Bertz CT molecular complexity index is 587. The molecule has 2 atom stereocenters. The number of carbonyl (C=O) groups excluding carboxylic acids is 2. The van der Waals surface area contributed by atoms with E-state index in [1.54, 1.807) is 23.1 Å². The summed E-state index contributed by atoms with van der Waals surface area (Å²) in [4.78, 5) is 26.2. The van der Waals surface area contributed by atoms with Crippen molar-refractivity contribution in [3.8, 4) is 11.5 Å². The summed E-state index contributed by atoms with van der Waals surface area (Å²) in [7, 11) is 1.44. The van der Waals surface area contributed by atoms with E-state index < -0.39 is 0 Å². The number of hydrogen-bond donors (Lipinski definition) is 2. The van der Waals surface area contributed by atoms with E-state index in [2.05, 4.69) is 5.32 Å². The van der Waals surface area contributed by atoms with E-state index in [0.717, 1.165) is 12.8 Å². The summed E-state index contributed by atoms with van der Waals surface area (Å²) in [5.41, 5.74) is 0.217. The van der Waals surface area contributed by atoms with Gasteiger partial charge in [-0.3, -0.25) is 9.59 Å². The lowest BCUT2D eigenvalue weighted by molar-refractivity contribution is -0.123. The number of benzene rings is 1. The third-order valence-corrected chi connectivity index (χ3v) is 4.31. The molecule has 0 spiro atoms. The quantitative estimate of drug-likeness (QED) is 0.842. The summed E-state index contributed by atoms with van der Waals surface area (Å²) >= 11 is 0. The molecule has 0 bridgehead atoms. The third-order valence-electron chi connectivity index (χ3n) is 4.31. The molecule has 1 aromatic rings. The fourth-order valence-electron chi connectivity index (χ4n) is 3.22. The molecule has 2 fully saturated rings. The van der Waals surface area contributed by atoms with Crippen LogP contribution in [0.4, 0.5) is 0 Å². The molecule has 0 radical (unpaired) electrons. The van der Waals surface area contributed by atoms with Crippen LogP contribution in [0.15, 0.2) is 18.2 Å². The molecular formula is C15H18N2O4. The third kappa shape index (κ3) is 2.20. The number of hydrogen-bond acceptors (Lipinski definition) is 4. The molecule has 0 aromatic heterocycles. The number of likely N-dealkylation sites (tertiary alicyclic amines) is 1. The predicted molar refractivity (Wildman–Crippen MR) is 75.2 cm³/mol. The second-order valence-electron chi connectivity index (χ2n) is 5.42. The second-order valence-corrected chi connectivity index (χ2v) is 5.42. The van der Waals surface area contributed by atoms with Crippen molar-refractivity contribution in [3.63, 3.8) is 0 Å². The SMILES string of the molecule is COc1cccc(C(=O)N2CCCC3C(=O)NCC32)c1O. The monoisotopic (exact) mass is 290 g/mol. The molecule has 21 heavy (non-hydrogen) atoms. The zero-order valence-corrected chi connectivity index (χ0v) is 11.8. The van der Waals surface area contributed by atoms with Gasteiger partial charge in [-0.1, -0.05) is 6.07 Å². The molecule has 0 aliphatic carbocycles. The average Bonchev–Trinajstić information content (AvgIpc) is 2.88. The Kier molecular flexibility index (Phi) is 3.45. The lowest BCUT2D eigenvalue weighted by Gasteiger charge is -2.36. The molecular weight excluding hydrogens is 272 g/mol. The van der Waals surface area contributed by atoms with Crippen LogP contribution in [0.1, 0.15) is 23.2 Å². The van der Waals surface area contributed by atoms with Crippen LogP contribution in [0.2, 0.25) is 0 Å². The highest BCUT2D eigenvalue weighted by atomic mass is 16.5. The molecule has 6 heteroatoms. The first-order chi connectivity index (χ1) is 10.1. The van der Waals surface area contributed by atoms with Crippen molar-refractivity contribution < 1.29 is 19.4 Å². The van der Waals surface area contributed by atoms with Crippen LogP contribution in [0.5, 0.6) is 11.5 Å².